The summed E-state index contributed by atoms with van der Waals surface area (Å²) in [4.78, 5) is 30.0. The summed E-state index contributed by atoms with van der Waals surface area (Å²) < 4.78 is 0. The molecule has 0 spiro atoms. The maximum absolute atomic E-state index is 5.08. The Morgan fingerprint density at radius 2 is 0.367 bits per heavy atom. The molecule has 60 heavy (non-hydrogen) atoms. The first-order valence-electron chi connectivity index (χ1n) is 19.9. The molecule has 0 amide bonds. The van der Waals surface area contributed by atoms with Crippen LogP contribution in [0.4, 0.5) is 0 Å². The van der Waals surface area contributed by atoms with Gasteiger partial charge >= 0.3 is 0 Å². The van der Waals surface area contributed by atoms with Crippen LogP contribution in [0.15, 0.2) is 218 Å². The first-order valence-corrected chi connectivity index (χ1v) is 19.9. The molecule has 0 saturated carbocycles. The van der Waals surface area contributed by atoms with Crippen LogP contribution in [0.5, 0.6) is 0 Å². The van der Waals surface area contributed by atoms with E-state index in [9.17, 15) is 0 Å². The van der Waals surface area contributed by atoms with Crippen LogP contribution >= 0.6 is 0 Å². The van der Waals surface area contributed by atoms with Gasteiger partial charge in [0.05, 0.1) is 0 Å². The van der Waals surface area contributed by atoms with E-state index < -0.39 is 0 Å². The number of nitrogens with zero attached hydrogens (tertiary/aromatic N) is 6. The van der Waals surface area contributed by atoms with E-state index in [1.165, 1.54) is 0 Å². The number of aromatic nitrogens is 6. The smallest absolute Gasteiger partial charge is 0.164 e. The molecule has 10 aromatic rings. The van der Waals surface area contributed by atoms with E-state index in [4.69, 9.17) is 29.9 Å². The van der Waals surface area contributed by atoms with Crippen LogP contribution in [0, 0.1) is 0 Å². The Kier molecular flexibility index (Phi) is 9.84. The first-order chi connectivity index (χ1) is 29.7. The van der Waals surface area contributed by atoms with Gasteiger partial charge in [-0.1, -0.05) is 188 Å². The molecule has 8 aromatic carbocycles. The lowest BCUT2D eigenvalue weighted by Crippen LogP contribution is -2.00. The summed E-state index contributed by atoms with van der Waals surface area (Å²) in [6, 6.07) is 74.4. The van der Waals surface area contributed by atoms with Gasteiger partial charge in [-0.2, -0.15) is 0 Å². The highest BCUT2D eigenvalue weighted by atomic mass is 15.0. The van der Waals surface area contributed by atoms with Crippen molar-refractivity contribution >= 4 is 0 Å². The van der Waals surface area contributed by atoms with Crippen molar-refractivity contribution in [2.45, 2.75) is 0 Å². The van der Waals surface area contributed by atoms with Gasteiger partial charge in [-0.3, -0.25) is 0 Å². The van der Waals surface area contributed by atoms with Gasteiger partial charge in [-0.05, 0) is 63.7 Å². The molecule has 0 aliphatic heterocycles. The summed E-state index contributed by atoms with van der Waals surface area (Å²) in [7, 11) is 0. The zero-order valence-electron chi connectivity index (χ0n) is 32.5. The third-order valence-electron chi connectivity index (χ3n) is 10.3. The molecule has 282 valence electrons. The van der Waals surface area contributed by atoms with E-state index in [-0.39, 0.29) is 0 Å². The highest BCUT2D eigenvalue weighted by molar-refractivity contribution is 5.83. The van der Waals surface area contributed by atoms with Crippen LogP contribution in [0.1, 0.15) is 0 Å². The van der Waals surface area contributed by atoms with Gasteiger partial charge in [-0.15, -0.1) is 0 Å². The summed E-state index contributed by atoms with van der Waals surface area (Å²) in [5.74, 6) is 3.73. The van der Waals surface area contributed by atoms with Crippen molar-refractivity contribution in [2.75, 3.05) is 0 Å². The standard InChI is InChI=1S/C54H36N6/c1-6-18-37(19-7-1)46-34-47(36-48(35-46)54-59-51(40-24-12-4-13-25-40)56-52(60-54)41-26-14-5-15-27-41)44-30-16-28-42(32-44)43-29-17-31-45(33-43)53-57-49(38-20-8-2-9-21-38)55-50(58-53)39-22-10-3-11-23-39/h1-36H. The molecule has 2 heterocycles. The predicted molar refractivity (Wildman–Crippen MR) is 242 cm³/mol. The Morgan fingerprint density at radius 1 is 0.150 bits per heavy atom. The van der Waals surface area contributed by atoms with Crippen LogP contribution in [0.3, 0.4) is 0 Å². The normalized spacial score (nSPS) is 11.0. The minimum atomic E-state index is 0.604. The van der Waals surface area contributed by atoms with Gasteiger partial charge in [0.25, 0.3) is 0 Å². The lowest BCUT2D eigenvalue weighted by atomic mass is 9.93. The van der Waals surface area contributed by atoms with Gasteiger partial charge < -0.3 is 0 Å². The fourth-order valence-corrected chi connectivity index (χ4v) is 7.31. The summed E-state index contributed by atoms with van der Waals surface area (Å²) in [5, 5.41) is 0. The first kappa shape index (κ1) is 36.1. The Morgan fingerprint density at radius 3 is 0.750 bits per heavy atom. The van der Waals surface area contributed by atoms with Gasteiger partial charge in [0.1, 0.15) is 0 Å². The minimum Gasteiger partial charge on any atom is -0.208 e. The van der Waals surface area contributed by atoms with Crippen molar-refractivity contribution < 1.29 is 0 Å². The lowest BCUT2D eigenvalue weighted by molar-refractivity contribution is 1.07. The quantitative estimate of drug-likeness (QED) is 0.145. The van der Waals surface area contributed by atoms with E-state index in [2.05, 4.69) is 91.0 Å². The van der Waals surface area contributed by atoms with Crippen LogP contribution in [-0.2, 0) is 0 Å². The van der Waals surface area contributed by atoms with Gasteiger partial charge in [0.2, 0.25) is 0 Å². The van der Waals surface area contributed by atoms with Crippen LogP contribution in [0.25, 0.3) is 102 Å². The summed E-state index contributed by atoms with van der Waals surface area (Å²) in [5.41, 5.74) is 11.9. The molecule has 0 N–H and O–H groups in total. The molecule has 0 fully saturated rings. The Balaban J connectivity index is 1.08. The molecule has 0 saturated heterocycles. The molecule has 0 aliphatic rings. The largest absolute Gasteiger partial charge is 0.208 e. The third-order valence-corrected chi connectivity index (χ3v) is 10.3. The van der Waals surface area contributed by atoms with Crippen molar-refractivity contribution in [1.29, 1.82) is 0 Å². The molecule has 10 rings (SSSR count). The summed E-state index contributed by atoms with van der Waals surface area (Å²) >= 11 is 0. The molecule has 0 bridgehead atoms. The summed E-state index contributed by atoms with van der Waals surface area (Å²) in [6.07, 6.45) is 0. The van der Waals surface area contributed by atoms with E-state index >= 15 is 0 Å². The van der Waals surface area contributed by atoms with E-state index in [1.54, 1.807) is 0 Å². The molecule has 0 atom stereocenters. The highest BCUT2D eigenvalue weighted by Gasteiger charge is 2.16. The number of benzene rings is 8. The van der Waals surface area contributed by atoms with Gasteiger partial charge in [0, 0.05) is 33.4 Å². The van der Waals surface area contributed by atoms with Gasteiger partial charge in [0.15, 0.2) is 34.9 Å². The summed E-state index contributed by atoms with van der Waals surface area (Å²) in [6.45, 7) is 0. The molecule has 6 heteroatoms. The van der Waals surface area contributed by atoms with Gasteiger partial charge in [-0.25, -0.2) is 29.9 Å². The monoisotopic (exact) mass is 768 g/mol. The van der Waals surface area contributed by atoms with E-state index in [0.29, 0.717) is 34.9 Å². The topological polar surface area (TPSA) is 77.3 Å². The average Bonchev–Trinajstić information content (AvgIpc) is 3.35. The van der Waals surface area contributed by atoms with Crippen LogP contribution in [0.2, 0.25) is 0 Å². The Hall–Kier alpha value is -8.22. The highest BCUT2D eigenvalue weighted by Crippen LogP contribution is 2.36. The van der Waals surface area contributed by atoms with E-state index in [1.807, 2.05) is 127 Å². The molecule has 0 aliphatic carbocycles. The number of hydrogen-bond acceptors (Lipinski definition) is 6. The lowest BCUT2D eigenvalue weighted by Gasteiger charge is -2.13. The van der Waals surface area contributed by atoms with Crippen LogP contribution in [-0.4, -0.2) is 29.9 Å². The van der Waals surface area contributed by atoms with Crippen molar-refractivity contribution in [3.05, 3.63) is 218 Å². The fourth-order valence-electron chi connectivity index (χ4n) is 7.31. The number of hydrogen-bond donors (Lipinski definition) is 0. The number of rotatable bonds is 9. The SMILES string of the molecule is c1ccc(-c2cc(-c3cccc(-c4cccc(-c5nc(-c6ccccc6)nc(-c6ccccc6)n5)c4)c3)cc(-c3nc(-c4ccccc4)nc(-c4ccccc4)n3)c2)cc1. The van der Waals surface area contributed by atoms with Crippen molar-refractivity contribution in [3.63, 3.8) is 0 Å². The molecular formula is C54H36N6. The Labute approximate surface area is 348 Å². The van der Waals surface area contributed by atoms with E-state index in [0.717, 1.165) is 66.8 Å². The fraction of sp³-hybridized carbons (Fsp3) is 0. The third kappa shape index (κ3) is 7.73. The predicted octanol–water partition coefficient (Wildman–Crippen LogP) is 13.1. The second kappa shape index (κ2) is 16.3. The minimum absolute atomic E-state index is 0.604. The van der Waals surface area contributed by atoms with Crippen molar-refractivity contribution in [1.82, 2.24) is 29.9 Å². The van der Waals surface area contributed by atoms with Crippen molar-refractivity contribution in [3.8, 4) is 102 Å². The average molecular weight is 769 g/mol. The molecule has 2 aromatic heterocycles. The molecule has 6 nitrogen and oxygen atoms in total. The molecular weight excluding hydrogens is 733 g/mol. The zero-order valence-corrected chi connectivity index (χ0v) is 32.5. The van der Waals surface area contributed by atoms with Crippen LogP contribution < -0.4 is 0 Å². The second-order valence-corrected chi connectivity index (χ2v) is 14.4. The zero-order chi connectivity index (χ0) is 40.1. The Bertz CT molecular complexity index is 2950. The maximum Gasteiger partial charge on any atom is 0.164 e. The molecule has 0 radical (unpaired) electrons. The second-order valence-electron chi connectivity index (χ2n) is 14.4. The van der Waals surface area contributed by atoms with Crippen molar-refractivity contribution in [2.24, 2.45) is 0 Å². The maximum atomic E-state index is 5.08. The molecule has 0 unspecified atom stereocenters.